The maximum absolute atomic E-state index is 12.8. The number of piperidine rings is 1. The Balaban J connectivity index is 1.93. The monoisotopic (exact) mass is 206 g/mol. The van der Waals surface area contributed by atoms with Crippen LogP contribution in [0.2, 0.25) is 0 Å². The largest absolute Gasteiger partial charge is 0.354 e. The van der Waals surface area contributed by atoms with E-state index < -0.39 is 18.3 Å². The van der Waals surface area contributed by atoms with Crippen molar-refractivity contribution in [1.29, 1.82) is 0 Å². The predicted molar refractivity (Wildman–Crippen MR) is 48.4 cm³/mol. The van der Waals surface area contributed by atoms with Gasteiger partial charge < -0.3 is 9.64 Å². The van der Waals surface area contributed by atoms with Crippen molar-refractivity contribution in [3.63, 3.8) is 0 Å². The third kappa shape index (κ3) is 2.04. The number of halogens is 2. The number of nitrogens with zero attached hydrogens (tertiary/aromatic N) is 1. The van der Waals surface area contributed by atoms with E-state index in [-0.39, 0.29) is 6.54 Å². The van der Waals surface area contributed by atoms with Crippen LogP contribution < -0.4 is 5.32 Å². The zero-order valence-electron chi connectivity index (χ0n) is 8.35. The van der Waals surface area contributed by atoms with Gasteiger partial charge in [0, 0.05) is 25.9 Å². The van der Waals surface area contributed by atoms with Crippen LogP contribution in [-0.4, -0.2) is 49.8 Å². The highest BCUT2D eigenvalue weighted by Crippen LogP contribution is 2.30. The van der Waals surface area contributed by atoms with Gasteiger partial charge in [-0.25, -0.2) is 8.78 Å². The molecule has 2 rings (SSSR count). The second-order valence-electron chi connectivity index (χ2n) is 4.30. The fraction of sp³-hybridized carbons (Fsp3) is 1.00. The molecule has 0 unspecified atom stereocenters. The Hall–Kier alpha value is -0.260. The summed E-state index contributed by atoms with van der Waals surface area (Å²) in [6.45, 7) is 1.11. The quantitative estimate of drug-likeness (QED) is 0.630. The highest BCUT2D eigenvalue weighted by Gasteiger charge is 2.44. The van der Waals surface area contributed by atoms with Crippen molar-refractivity contribution in [2.24, 2.45) is 0 Å². The van der Waals surface area contributed by atoms with Crippen LogP contribution in [0.3, 0.4) is 0 Å². The van der Waals surface area contributed by atoms with Gasteiger partial charge in [-0.2, -0.15) is 0 Å². The predicted octanol–water partition coefficient (Wildman–Crippen LogP) is 0.663. The van der Waals surface area contributed by atoms with Gasteiger partial charge in [-0.1, -0.05) is 0 Å². The number of rotatable bonds is 0. The maximum atomic E-state index is 12.8. The second-order valence-corrected chi connectivity index (χ2v) is 4.30. The van der Waals surface area contributed by atoms with Gasteiger partial charge in [0.2, 0.25) is 0 Å². The van der Waals surface area contributed by atoms with Gasteiger partial charge in [-0.3, -0.25) is 5.32 Å². The van der Waals surface area contributed by atoms with Crippen molar-refractivity contribution >= 4 is 0 Å². The normalized spacial score (nSPS) is 31.9. The molecule has 0 saturated carbocycles. The summed E-state index contributed by atoms with van der Waals surface area (Å²) in [5.74, 6) is -2.70. The van der Waals surface area contributed by atoms with Crippen LogP contribution in [0.5, 0.6) is 0 Å². The Kier molecular flexibility index (Phi) is 2.49. The number of likely N-dealkylation sites (tertiary alicyclic amines) is 1. The molecule has 82 valence electrons. The lowest BCUT2D eigenvalue weighted by molar-refractivity contribution is -0.207. The minimum Gasteiger partial charge on any atom is -0.354 e. The van der Waals surface area contributed by atoms with Crippen LogP contribution in [0.15, 0.2) is 0 Å². The second kappa shape index (κ2) is 3.40. The Morgan fingerprint density at radius 1 is 1.29 bits per heavy atom. The molecule has 5 heteroatoms. The van der Waals surface area contributed by atoms with E-state index in [1.54, 1.807) is 0 Å². The van der Waals surface area contributed by atoms with Gasteiger partial charge in [-0.15, -0.1) is 0 Å². The van der Waals surface area contributed by atoms with E-state index in [2.05, 4.69) is 10.2 Å². The molecule has 0 atom stereocenters. The maximum Gasteiger partial charge on any atom is 0.283 e. The molecule has 0 amide bonds. The number of ether oxygens (including phenoxy) is 1. The summed E-state index contributed by atoms with van der Waals surface area (Å²) in [6.07, 6.45) is 1.58. The molecular formula is C9H16F2N2O. The van der Waals surface area contributed by atoms with Gasteiger partial charge in [-0.05, 0) is 7.05 Å². The van der Waals surface area contributed by atoms with Crippen LogP contribution in [0.4, 0.5) is 8.78 Å². The van der Waals surface area contributed by atoms with Crippen molar-refractivity contribution in [2.75, 3.05) is 33.3 Å². The zero-order chi connectivity index (χ0) is 10.2. The van der Waals surface area contributed by atoms with E-state index in [4.69, 9.17) is 4.74 Å². The minimum absolute atomic E-state index is 0.253. The van der Waals surface area contributed by atoms with Crippen LogP contribution in [0, 0.1) is 0 Å². The van der Waals surface area contributed by atoms with E-state index in [9.17, 15) is 8.78 Å². The van der Waals surface area contributed by atoms with Crippen LogP contribution in [0.1, 0.15) is 12.8 Å². The summed E-state index contributed by atoms with van der Waals surface area (Å²) in [5.41, 5.74) is -0.478. The van der Waals surface area contributed by atoms with E-state index >= 15 is 0 Å². The third-order valence-corrected chi connectivity index (χ3v) is 3.02. The molecule has 14 heavy (non-hydrogen) atoms. The Morgan fingerprint density at radius 2 is 1.93 bits per heavy atom. The zero-order valence-corrected chi connectivity index (χ0v) is 8.35. The highest BCUT2D eigenvalue weighted by molar-refractivity contribution is 4.90. The fourth-order valence-corrected chi connectivity index (χ4v) is 1.94. The van der Waals surface area contributed by atoms with Gasteiger partial charge in [0.1, 0.15) is 12.3 Å². The molecule has 0 aromatic rings. The molecule has 0 aromatic heterocycles. The van der Waals surface area contributed by atoms with E-state index in [0.29, 0.717) is 0 Å². The lowest BCUT2D eigenvalue weighted by atomic mass is 9.98. The molecule has 1 N–H and O–H groups in total. The average Bonchev–Trinajstić information content (AvgIpc) is 2.16. The molecule has 2 fully saturated rings. The molecule has 2 aliphatic heterocycles. The summed E-state index contributed by atoms with van der Waals surface area (Å²) in [6, 6.07) is 0. The molecule has 1 spiro atoms. The molecule has 0 radical (unpaired) electrons. The summed E-state index contributed by atoms with van der Waals surface area (Å²) < 4.78 is 30.9. The standard InChI is InChI=1S/C9H16F2N2O/c1-13-4-2-9(3-5-13)12-6-8(10,11)7-14-9/h12H,2-7H2,1H3. The van der Waals surface area contributed by atoms with Crippen LogP contribution >= 0.6 is 0 Å². The van der Waals surface area contributed by atoms with Gasteiger partial charge >= 0.3 is 0 Å². The molecular weight excluding hydrogens is 190 g/mol. The van der Waals surface area contributed by atoms with E-state index in [0.717, 1.165) is 25.9 Å². The number of alkyl halides is 2. The Bertz CT molecular complexity index is 203. The lowest BCUT2D eigenvalue weighted by Gasteiger charge is -2.45. The summed E-state index contributed by atoms with van der Waals surface area (Å²) in [7, 11) is 2.03. The molecule has 2 heterocycles. The van der Waals surface area contributed by atoms with Crippen molar-refractivity contribution in [3.05, 3.63) is 0 Å². The molecule has 2 saturated heterocycles. The summed E-state index contributed by atoms with van der Waals surface area (Å²) >= 11 is 0. The van der Waals surface area contributed by atoms with E-state index in [1.807, 2.05) is 7.05 Å². The SMILES string of the molecule is CN1CCC2(CC1)NCC(F)(F)CO2. The van der Waals surface area contributed by atoms with E-state index in [1.165, 1.54) is 0 Å². The number of nitrogens with one attached hydrogen (secondary N) is 1. The van der Waals surface area contributed by atoms with Crippen molar-refractivity contribution in [2.45, 2.75) is 24.5 Å². The first kappa shape index (κ1) is 10.3. The topological polar surface area (TPSA) is 24.5 Å². The molecule has 2 aliphatic rings. The van der Waals surface area contributed by atoms with Crippen molar-refractivity contribution in [3.8, 4) is 0 Å². The minimum atomic E-state index is -2.70. The third-order valence-electron chi connectivity index (χ3n) is 3.02. The number of hydrogen-bond donors (Lipinski definition) is 1. The summed E-state index contributed by atoms with van der Waals surface area (Å²) in [4.78, 5) is 2.18. The van der Waals surface area contributed by atoms with Gasteiger partial charge in [0.15, 0.2) is 0 Å². The fourth-order valence-electron chi connectivity index (χ4n) is 1.94. The molecule has 0 aromatic carbocycles. The highest BCUT2D eigenvalue weighted by atomic mass is 19.3. The van der Waals surface area contributed by atoms with Crippen molar-refractivity contribution in [1.82, 2.24) is 10.2 Å². The Morgan fingerprint density at radius 3 is 2.43 bits per heavy atom. The smallest absolute Gasteiger partial charge is 0.283 e. The van der Waals surface area contributed by atoms with Crippen LogP contribution in [0.25, 0.3) is 0 Å². The van der Waals surface area contributed by atoms with Crippen LogP contribution in [-0.2, 0) is 4.74 Å². The first-order valence-corrected chi connectivity index (χ1v) is 4.97. The van der Waals surface area contributed by atoms with Crippen molar-refractivity contribution < 1.29 is 13.5 Å². The molecule has 0 aliphatic carbocycles. The molecule has 0 bridgehead atoms. The first-order chi connectivity index (χ1) is 6.52. The Labute approximate surface area is 82.4 Å². The lowest BCUT2D eigenvalue weighted by Crippen LogP contribution is -2.62. The van der Waals surface area contributed by atoms with Gasteiger partial charge in [0.05, 0.1) is 6.54 Å². The average molecular weight is 206 g/mol. The number of hydrogen-bond acceptors (Lipinski definition) is 3. The van der Waals surface area contributed by atoms with Gasteiger partial charge in [0.25, 0.3) is 5.92 Å². The first-order valence-electron chi connectivity index (χ1n) is 4.97. The summed E-state index contributed by atoms with van der Waals surface area (Å²) in [5, 5.41) is 2.85. The molecule has 3 nitrogen and oxygen atoms in total.